The molecule has 0 bridgehead atoms. The first-order valence-electron chi connectivity index (χ1n) is 10.9. The molecule has 0 aromatic heterocycles. The first-order chi connectivity index (χ1) is 16.9. The van der Waals surface area contributed by atoms with E-state index >= 15 is 0 Å². The van der Waals surface area contributed by atoms with Crippen LogP contribution in [0.1, 0.15) is 49.8 Å². The van der Waals surface area contributed by atoms with Crippen molar-refractivity contribution >= 4 is 0 Å². The Labute approximate surface area is 203 Å². The van der Waals surface area contributed by atoms with Gasteiger partial charge in [0, 0.05) is 5.56 Å². The monoisotopic (exact) mass is 516 g/mol. The fourth-order valence-electron chi connectivity index (χ4n) is 3.76. The largest absolute Gasteiger partial charge is 0.451 e. The molecule has 0 amide bonds. The third kappa shape index (κ3) is 4.86. The van der Waals surface area contributed by atoms with E-state index in [9.17, 15) is 30.7 Å². The van der Waals surface area contributed by atoms with E-state index in [-0.39, 0.29) is 29.0 Å². The van der Waals surface area contributed by atoms with Crippen LogP contribution in [0.5, 0.6) is 17.2 Å². The molecule has 10 heteroatoms. The molecule has 3 aromatic carbocycles. The van der Waals surface area contributed by atoms with Gasteiger partial charge < -0.3 is 9.62 Å². The van der Waals surface area contributed by atoms with Crippen LogP contribution in [-0.2, 0) is 10.3 Å². The highest BCUT2D eigenvalue weighted by Gasteiger charge is 2.53. The van der Waals surface area contributed by atoms with E-state index in [1.807, 2.05) is 0 Å². The van der Waals surface area contributed by atoms with Crippen LogP contribution < -0.4 is 9.62 Å². The second-order valence-corrected chi connectivity index (χ2v) is 8.33. The maximum atomic E-state index is 14.5. The molecule has 0 spiro atoms. The number of alkyl halides is 3. The highest BCUT2D eigenvalue weighted by Crippen LogP contribution is 2.47. The second kappa shape index (κ2) is 10.4. The van der Waals surface area contributed by atoms with Crippen LogP contribution in [0.3, 0.4) is 0 Å². The lowest BCUT2D eigenvalue weighted by Crippen LogP contribution is -2.40. The number of halogens is 7. The molecule has 36 heavy (non-hydrogen) atoms. The van der Waals surface area contributed by atoms with E-state index in [1.165, 1.54) is 38.3 Å². The SMILES string of the molecule is CCC(C)c1c(F)c(F)c(Oc2ccc(C(C)(c3ccc(OOC)cc3)C(F)(F)F)cc2)c(F)c1F. The molecule has 0 saturated heterocycles. The van der Waals surface area contributed by atoms with Crippen molar-refractivity contribution in [1.29, 1.82) is 0 Å². The minimum atomic E-state index is -4.74. The number of ether oxygens (including phenoxy) is 1. The van der Waals surface area contributed by atoms with Gasteiger partial charge in [0.2, 0.25) is 17.4 Å². The van der Waals surface area contributed by atoms with E-state index in [0.717, 1.165) is 31.2 Å². The fraction of sp³-hybridized carbons (Fsp3) is 0.308. The van der Waals surface area contributed by atoms with Crippen molar-refractivity contribution in [3.63, 3.8) is 0 Å². The van der Waals surface area contributed by atoms with Gasteiger partial charge in [-0.3, -0.25) is 0 Å². The Balaban J connectivity index is 1.99. The van der Waals surface area contributed by atoms with Crippen LogP contribution in [0.25, 0.3) is 0 Å². The number of benzene rings is 3. The first kappa shape index (κ1) is 27.3. The lowest BCUT2D eigenvalue weighted by Gasteiger charge is -2.33. The summed E-state index contributed by atoms with van der Waals surface area (Å²) in [6.07, 6.45) is -4.51. The molecule has 0 radical (unpaired) electrons. The Morgan fingerprint density at radius 3 is 1.58 bits per heavy atom. The molecule has 0 heterocycles. The molecule has 3 nitrogen and oxygen atoms in total. The van der Waals surface area contributed by atoms with Crippen LogP contribution in [0.4, 0.5) is 30.7 Å². The summed E-state index contributed by atoms with van der Waals surface area (Å²) in [4.78, 5) is 9.27. The van der Waals surface area contributed by atoms with Crippen molar-refractivity contribution in [2.24, 2.45) is 0 Å². The van der Waals surface area contributed by atoms with Gasteiger partial charge in [-0.1, -0.05) is 38.1 Å². The van der Waals surface area contributed by atoms with E-state index in [1.54, 1.807) is 6.92 Å². The topological polar surface area (TPSA) is 27.7 Å². The molecule has 0 N–H and O–H groups in total. The summed E-state index contributed by atoms with van der Waals surface area (Å²) in [6.45, 7) is 3.98. The van der Waals surface area contributed by atoms with Gasteiger partial charge in [-0.15, -0.1) is 0 Å². The van der Waals surface area contributed by atoms with Crippen molar-refractivity contribution in [1.82, 2.24) is 0 Å². The maximum Gasteiger partial charge on any atom is 0.402 e. The molecule has 3 rings (SSSR count). The third-order valence-electron chi connectivity index (χ3n) is 6.19. The standard InChI is InChI=1S/C26H23F7O3/c1-5-14(2)19-20(27)22(29)24(23(30)21(19)28)35-17-10-6-15(7-11-17)25(3,26(31,32)33)16-8-12-18(13-9-16)36-34-4/h6-14H,5H2,1-4H3. The predicted molar refractivity (Wildman–Crippen MR) is 118 cm³/mol. The predicted octanol–water partition coefficient (Wildman–Crippen LogP) is 8.36. The number of hydrogen-bond acceptors (Lipinski definition) is 3. The molecule has 194 valence electrons. The fourth-order valence-corrected chi connectivity index (χ4v) is 3.76. The molecule has 0 aliphatic carbocycles. The minimum Gasteiger partial charge on any atom is -0.451 e. The van der Waals surface area contributed by atoms with Gasteiger partial charge in [0.05, 0.1) is 7.11 Å². The molecule has 0 saturated carbocycles. The van der Waals surface area contributed by atoms with E-state index in [4.69, 9.17) is 9.62 Å². The van der Waals surface area contributed by atoms with Gasteiger partial charge in [0.15, 0.2) is 17.4 Å². The second-order valence-electron chi connectivity index (χ2n) is 8.33. The molecule has 0 aliphatic rings. The van der Waals surface area contributed by atoms with E-state index in [0.29, 0.717) is 0 Å². The molecule has 0 aliphatic heterocycles. The molecular formula is C26H23F7O3. The Morgan fingerprint density at radius 1 is 0.750 bits per heavy atom. The van der Waals surface area contributed by atoms with Crippen LogP contribution in [0.15, 0.2) is 48.5 Å². The zero-order chi connectivity index (χ0) is 26.8. The van der Waals surface area contributed by atoms with Gasteiger partial charge in [0.25, 0.3) is 0 Å². The van der Waals surface area contributed by atoms with Crippen LogP contribution in [-0.4, -0.2) is 13.3 Å². The normalized spacial score (nSPS) is 14.3. The highest BCUT2D eigenvalue weighted by atomic mass is 19.4. The average Bonchev–Trinajstić information content (AvgIpc) is 2.85. The summed E-state index contributed by atoms with van der Waals surface area (Å²) in [7, 11) is 1.25. The molecule has 0 fully saturated rings. The maximum absolute atomic E-state index is 14.5. The van der Waals surface area contributed by atoms with E-state index < -0.39 is 52.1 Å². The summed E-state index contributed by atoms with van der Waals surface area (Å²) in [5.41, 5.74) is -3.55. The van der Waals surface area contributed by atoms with Gasteiger partial charge in [0.1, 0.15) is 11.2 Å². The van der Waals surface area contributed by atoms with Crippen LogP contribution >= 0.6 is 0 Å². The number of rotatable bonds is 8. The molecule has 2 unspecified atom stereocenters. The van der Waals surface area contributed by atoms with Crippen LogP contribution in [0, 0.1) is 23.3 Å². The summed E-state index contributed by atoms with van der Waals surface area (Å²) >= 11 is 0. The molecule has 3 aromatic rings. The summed E-state index contributed by atoms with van der Waals surface area (Å²) in [5, 5.41) is 0. The highest BCUT2D eigenvalue weighted by molar-refractivity contribution is 5.45. The van der Waals surface area contributed by atoms with Gasteiger partial charge >= 0.3 is 6.18 Å². The van der Waals surface area contributed by atoms with Crippen molar-refractivity contribution in [3.8, 4) is 17.2 Å². The zero-order valence-corrected chi connectivity index (χ0v) is 19.8. The Hall–Kier alpha value is -3.27. The summed E-state index contributed by atoms with van der Waals surface area (Å²) in [5.74, 6) is -8.87. The zero-order valence-electron chi connectivity index (χ0n) is 19.8. The van der Waals surface area contributed by atoms with Crippen molar-refractivity contribution in [2.45, 2.75) is 44.7 Å². The van der Waals surface area contributed by atoms with Gasteiger partial charge in [-0.05, 0) is 54.7 Å². The summed E-state index contributed by atoms with van der Waals surface area (Å²) in [6, 6.07) is 9.22. The van der Waals surface area contributed by atoms with Crippen molar-refractivity contribution < 1.29 is 45.2 Å². The number of hydrogen-bond donors (Lipinski definition) is 0. The minimum absolute atomic E-state index is 0.117. The molecule has 2 atom stereocenters. The first-order valence-corrected chi connectivity index (χ1v) is 10.9. The Morgan fingerprint density at radius 2 is 1.19 bits per heavy atom. The lowest BCUT2D eigenvalue weighted by molar-refractivity contribution is -0.178. The van der Waals surface area contributed by atoms with Crippen LogP contribution in [0.2, 0.25) is 0 Å². The van der Waals surface area contributed by atoms with Gasteiger partial charge in [-0.25, -0.2) is 8.78 Å². The summed E-state index contributed by atoms with van der Waals surface area (Å²) < 4.78 is 106. The Bertz CT molecular complexity index is 1180. The van der Waals surface area contributed by atoms with E-state index in [2.05, 4.69) is 4.89 Å². The van der Waals surface area contributed by atoms with Gasteiger partial charge in [-0.2, -0.15) is 26.8 Å². The van der Waals surface area contributed by atoms with Crippen molar-refractivity contribution in [2.75, 3.05) is 7.11 Å². The quantitative estimate of drug-likeness (QED) is 0.130. The molecular weight excluding hydrogens is 493 g/mol. The smallest absolute Gasteiger partial charge is 0.402 e. The average molecular weight is 516 g/mol. The Kier molecular flexibility index (Phi) is 7.88. The lowest BCUT2D eigenvalue weighted by atomic mass is 9.75. The third-order valence-corrected chi connectivity index (χ3v) is 6.19. The van der Waals surface area contributed by atoms with Crippen molar-refractivity contribution in [3.05, 3.63) is 88.5 Å².